The van der Waals surface area contributed by atoms with E-state index in [2.05, 4.69) is 26.2 Å². The van der Waals surface area contributed by atoms with Crippen molar-refractivity contribution >= 4 is 39.0 Å². The zero-order valence-electron chi connectivity index (χ0n) is 11.2. The molecule has 1 amide bonds. The minimum absolute atomic E-state index is 0.173. The minimum atomic E-state index is -0.550. The number of nitrogens with one attached hydrogen (secondary N) is 1. The fourth-order valence-corrected chi connectivity index (χ4v) is 3.21. The van der Waals surface area contributed by atoms with Crippen LogP contribution in [0.1, 0.15) is 48.9 Å². The molecule has 0 atom stereocenters. The van der Waals surface area contributed by atoms with E-state index < -0.39 is 5.54 Å². The fourth-order valence-electron chi connectivity index (χ4n) is 2.59. The van der Waals surface area contributed by atoms with Gasteiger partial charge in [0.25, 0.3) is 5.91 Å². The summed E-state index contributed by atoms with van der Waals surface area (Å²) in [5.41, 5.74) is 5.88. The van der Waals surface area contributed by atoms with E-state index in [0.29, 0.717) is 10.6 Å². The number of halogens is 1. The predicted molar refractivity (Wildman–Crippen MR) is 86.6 cm³/mol. The Morgan fingerprint density at radius 3 is 2.50 bits per heavy atom. The standard InChI is InChI=1S/C14H18BrN3OS/c15-11-7-10(8-17-9-11)12(19)18-14(13(16)20)5-3-1-2-4-6-14/h7-9H,1-6H2,(H2,16,20)(H,18,19). The second-order valence-electron chi connectivity index (χ2n) is 5.21. The summed E-state index contributed by atoms with van der Waals surface area (Å²) >= 11 is 8.54. The molecule has 2 rings (SSSR count). The van der Waals surface area contributed by atoms with E-state index in [1.807, 2.05) is 0 Å². The molecule has 1 saturated carbocycles. The third-order valence-corrected chi connectivity index (χ3v) is 4.57. The molecule has 108 valence electrons. The molecule has 0 radical (unpaired) electrons. The maximum Gasteiger partial charge on any atom is 0.253 e. The van der Waals surface area contributed by atoms with Crippen LogP contribution in [0.15, 0.2) is 22.9 Å². The molecule has 20 heavy (non-hydrogen) atoms. The van der Waals surface area contributed by atoms with Crippen LogP contribution in [0.5, 0.6) is 0 Å². The van der Waals surface area contributed by atoms with Crippen molar-refractivity contribution in [3.8, 4) is 0 Å². The highest BCUT2D eigenvalue weighted by Crippen LogP contribution is 2.28. The topological polar surface area (TPSA) is 68.0 Å². The number of thiocarbonyl (C=S) groups is 1. The van der Waals surface area contributed by atoms with E-state index in [4.69, 9.17) is 18.0 Å². The van der Waals surface area contributed by atoms with Gasteiger partial charge in [0, 0.05) is 16.9 Å². The molecule has 0 aromatic carbocycles. The van der Waals surface area contributed by atoms with Crippen molar-refractivity contribution in [2.45, 2.75) is 44.1 Å². The van der Waals surface area contributed by atoms with Crippen LogP contribution in [0, 0.1) is 0 Å². The molecule has 4 nitrogen and oxygen atoms in total. The van der Waals surface area contributed by atoms with Gasteiger partial charge in [-0.05, 0) is 34.8 Å². The number of nitrogens with zero attached hydrogens (tertiary/aromatic N) is 1. The monoisotopic (exact) mass is 355 g/mol. The number of carbonyl (C=O) groups is 1. The fraction of sp³-hybridized carbons (Fsp3) is 0.500. The van der Waals surface area contributed by atoms with Gasteiger partial charge in [0.2, 0.25) is 0 Å². The summed E-state index contributed by atoms with van der Waals surface area (Å²) in [4.78, 5) is 16.8. The molecule has 1 aromatic rings. The van der Waals surface area contributed by atoms with Crippen molar-refractivity contribution in [3.63, 3.8) is 0 Å². The maximum atomic E-state index is 12.4. The lowest BCUT2D eigenvalue weighted by molar-refractivity contribution is 0.0917. The normalized spacial score (nSPS) is 18.1. The highest BCUT2D eigenvalue weighted by molar-refractivity contribution is 9.10. The molecule has 3 N–H and O–H groups in total. The first kappa shape index (κ1) is 15.4. The highest BCUT2D eigenvalue weighted by Gasteiger charge is 2.35. The van der Waals surface area contributed by atoms with E-state index in [1.54, 1.807) is 18.5 Å². The molecule has 0 aliphatic heterocycles. The van der Waals surface area contributed by atoms with Gasteiger partial charge < -0.3 is 11.1 Å². The number of amides is 1. The van der Waals surface area contributed by atoms with Crippen molar-refractivity contribution in [2.24, 2.45) is 5.73 Å². The van der Waals surface area contributed by atoms with Gasteiger partial charge in [-0.2, -0.15) is 0 Å². The number of aromatic nitrogens is 1. The summed E-state index contributed by atoms with van der Waals surface area (Å²) in [5, 5.41) is 3.05. The van der Waals surface area contributed by atoms with E-state index in [1.165, 1.54) is 12.8 Å². The number of nitrogens with two attached hydrogens (primary N) is 1. The first-order valence-corrected chi connectivity index (χ1v) is 7.97. The van der Waals surface area contributed by atoms with Crippen LogP contribution in [0.2, 0.25) is 0 Å². The Hall–Kier alpha value is -1.01. The quantitative estimate of drug-likeness (QED) is 0.646. The van der Waals surface area contributed by atoms with Crippen molar-refractivity contribution in [1.82, 2.24) is 10.3 Å². The number of carbonyl (C=O) groups excluding carboxylic acids is 1. The van der Waals surface area contributed by atoms with E-state index in [0.717, 1.165) is 30.2 Å². The van der Waals surface area contributed by atoms with Gasteiger partial charge in [0.15, 0.2) is 0 Å². The van der Waals surface area contributed by atoms with Crippen LogP contribution < -0.4 is 11.1 Å². The molecule has 0 saturated heterocycles. The largest absolute Gasteiger partial charge is 0.391 e. The Kier molecular flexibility index (Phi) is 5.10. The Morgan fingerprint density at radius 1 is 1.30 bits per heavy atom. The Balaban J connectivity index is 2.19. The maximum absolute atomic E-state index is 12.4. The lowest BCUT2D eigenvalue weighted by Gasteiger charge is -2.32. The van der Waals surface area contributed by atoms with Crippen molar-refractivity contribution in [1.29, 1.82) is 0 Å². The smallest absolute Gasteiger partial charge is 0.253 e. The van der Waals surface area contributed by atoms with Crippen molar-refractivity contribution in [2.75, 3.05) is 0 Å². The number of hydrogen-bond acceptors (Lipinski definition) is 3. The predicted octanol–water partition coefficient (Wildman–Crippen LogP) is 2.95. The average Bonchev–Trinajstić information content (AvgIpc) is 2.65. The second-order valence-corrected chi connectivity index (χ2v) is 6.56. The van der Waals surface area contributed by atoms with Gasteiger partial charge in [-0.1, -0.05) is 37.9 Å². The lowest BCUT2D eigenvalue weighted by Crippen LogP contribution is -2.56. The number of pyridine rings is 1. The van der Waals surface area contributed by atoms with Crippen molar-refractivity contribution in [3.05, 3.63) is 28.5 Å². The zero-order valence-corrected chi connectivity index (χ0v) is 13.6. The zero-order chi connectivity index (χ0) is 14.6. The molecule has 1 fully saturated rings. The van der Waals surface area contributed by atoms with Crippen LogP contribution >= 0.6 is 28.1 Å². The third kappa shape index (κ3) is 3.55. The van der Waals surface area contributed by atoms with Gasteiger partial charge >= 0.3 is 0 Å². The van der Waals surface area contributed by atoms with Gasteiger partial charge in [0.05, 0.1) is 16.1 Å². The Labute approximate surface area is 132 Å². The average molecular weight is 356 g/mol. The van der Waals surface area contributed by atoms with Crippen molar-refractivity contribution < 1.29 is 4.79 Å². The van der Waals surface area contributed by atoms with Crippen LogP contribution in [0.4, 0.5) is 0 Å². The minimum Gasteiger partial charge on any atom is -0.391 e. The van der Waals surface area contributed by atoms with Crippen LogP contribution in [0.3, 0.4) is 0 Å². The van der Waals surface area contributed by atoms with Crippen LogP contribution in [-0.2, 0) is 0 Å². The molecular weight excluding hydrogens is 338 g/mol. The number of hydrogen-bond donors (Lipinski definition) is 2. The summed E-state index contributed by atoms with van der Waals surface area (Å²) in [6, 6.07) is 1.74. The molecule has 1 aliphatic rings. The summed E-state index contributed by atoms with van der Waals surface area (Å²) < 4.78 is 0.774. The van der Waals surface area contributed by atoms with E-state index in [-0.39, 0.29) is 5.91 Å². The summed E-state index contributed by atoms with van der Waals surface area (Å²) in [6.07, 6.45) is 9.22. The van der Waals surface area contributed by atoms with E-state index >= 15 is 0 Å². The van der Waals surface area contributed by atoms with Crippen LogP contribution in [-0.4, -0.2) is 21.4 Å². The van der Waals surface area contributed by atoms with E-state index in [9.17, 15) is 4.79 Å². The first-order chi connectivity index (χ1) is 9.53. The van der Waals surface area contributed by atoms with Gasteiger partial charge in [-0.3, -0.25) is 9.78 Å². The highest BCUT2D eigenvalue weighted by atomic mass is 79.9. The Morgan fingerprint density at radius 2 is 1.95 bits per heavy atom. The summed E-state index contributed by atoms with van der Waals surface area (Å²) in [7, 11) is 0. The Bertz CT molecular complexity index is 513. The molecule has 0 unspecified atom stereocenters. The molecule has 1 aliphatic carbocycles. The van der Waals surface area contributed by atoms with Crippen LogP contribution in [0.25, 0.3) is 0 Å². The molecule has 1 heterocycles. The second kappa shape index (κ2) is 6.63. The first-order valence-electron chi connectivity index (χ1n) is 6.76. The molecule has 6 heteroatoms. The third-order valence-electron chi connectivity index (χ3n) is 3.75. The van der Waals surface area contributed by atoms with Gasteiger partial charge in [0.1, 0.15) is 0 Å². The van der Waals surface area contributed by atoms with Gasteiger partial charge in [-0.15, -0.1) is 0 Å². The molecule has 0 spiro atoms. The van der Waals surface area contributed by atoms with Gasteiger partial charge in [-0.25, -0.2) is 0 Å². The summed E-state index contributed by atoms with van der Waals surface area (Å²) in [5.74, 6) is -0.173. The lowest BCUT2D eigenvalue weighted by atomic mass is 9.89. The number of rotatable bonds is 3. The molecular formula is C14H18BrN3OS. The summed E-state index contributed by atoms with van der Waals surface area (Å²) in [6.45, 7) is 0. The molecule has 1 aromatic heterocycles. The SMILES string of the molecule is NC(=S)C1(NC(=O)c2cncc(Br)c2)CCCCCC1. The molecule has 0 bridgehead atoms.